The van der Waals surface area contributed by atoms with Crippen molar-refractivity contribution in [1.82, 2.24) is 4.90 Å². The first kappa shape index (κ1) is 17.1. The number of anilines is 1. The van der Waals surface area contributed by atoms with Crippen LogP contribution < -0.4 is 10.6 Å². The predicted molar refractivity (Wildman–Crippen MR) is 78.6 cm³/mol. The van der Waals surface area contributed by atoms with Crippen LogP contribution in [0.2, 0.25) is 0 Å². The summed E-state index contributed by atoms with van der Waals surface area (Å²) in [6, 6.07) is 4.80. The molecule has 5 nitrogen and oxygen atoms in total. The first-order valence-electron chi connectivity index (χ1n) is 7.13. The van der Waals surface area contributed by atoms with Crippen LogP contribution in [0.15, 0.2) is 18.2 Å². The minimum absolute atomic E-state index is 0.376. The van der Waals surface area contributed by atoms with Gasteiger partial charge in [-0.25, -0.2) is 0 Å². The summed E-state index contributed by atoms with van der Waals surface area (Å²) in [6.07, 6.45) is -4.54. The fourth-order valence-corrected chi connectivity index (χ4v) is 2.62. The lowest BCUT2D eigenvalue weighted by molar-refractivity contribution is -0.137. The number of nitrogens with zero attached hydrogens (tertiary/aromatic N) is 3. The molecule has 124 valence electrons. The number of primary amides is 1. The normalized spacial score (nSPS) is 17.6. The summed E-state index contributed by atoms with van der Waals surface area (Å²) in [5.41, 5.74) is 4.53. The highest BCUT2D eigenvalue weighted by Crippen LogP contribution is 2.33. The Bertz CT molecular complexity index is 631. The van der Waals surface area contributed by atoms with Crippen LogP contribution in [0, 0.1) is 11.3 Å². The summed E-state index contributed by atoms with van der Waals surface area (Å²) in [6.45, 7) is 3.98. The minimum atomic E-state index is -4.54. The second kappa shape index (κ2) is 6.46. The van der Waals surface area contributed by atoms with Crippen LogP contribution in [0.25, 0.3) is 0 Å². The van der Waals surface area contributed by atoms with Gasteiger partial charge in [-0.3, -0.25) is 9.69 Å². The Kier molecular flexibility index (Phi) is 4.80. The van der Waals surface area contributed by atoms with Gasteiger partial charge >= 0.3 is 6.18 Å². The van der Waals surface area contributed by atoms with Gasteiger partial charge in [-0.15, -0.1) is 0 Å². The van der Waals surface area contributed by atoms with Crippen molar-refractivity contribution in [1.29, 1.82) is 5.26 Å². The molecule has 1 fully saturated rings. The summed E-state index contributed by atoms with van der Waals surface area (Å²) in [4.78, 5) is 15.0. The molecular formula is C15H17F3N4O. The maximum Gasteiger partial charge on any atom is 0.417 e. The molecule has 1 aliphatic rings. The smallest absolute Gasteiger partial charge is 0.369 e. The van der Waals surface area contributed by atoms with Gasteiger partial charge in [0.15, 0.2) is 0 Å². The first-order valence-corrected chi connectivity index (χ1v) is 7.13. The maximum absolute atomic E-state index is 12.8. The second-order valence-corrected chi connectivity index (χ2v) is 5.44. The third-order valence-electron chi connectivity index (χ3n) is 4.07. The molecule has 23 heavy (non-hydrogen) atoms. The molecule has 1 heterocycles. The van der Waals surface area contributed by atoms with Gasteiger partial charge in [-0.05, 0) is 25.1 Å². The number of benzene rings is 1. The molecule has 0 aromatic heterocycles. The molecule has 1 aromatic carbocycles. The summed E-state index contributed by atoms with van der Waals surface area (Å²) in [5.74, 6) is -0.403. The van der Waals surface area contributed by atoms with Crippen molar-refractivity contribution in [3.8, 4) is 6.07 Å². The van der Waals surface area contributed by atoms with E-state index in [1.54, 1.807) is 13.0 Å². The lowest BCUT2D eigenvalue weighted by Gasteiger charge is -2.38. The largest absolute Gasteiger partial charge is 0.417 e. The van der Waals surface area contributed by atoms with Gasteiger partial charge in [0.25, 0.3) is 0 Å². The number of carbonyl (C=O) groups excluding carboxylic acids is 1. The minimum Gasteiger partial charge on any atom is -0.369 e. The van der Waals surface area contributed by atoms with Gasteiger partial charge < -0.3 is 10.6 Å². The number of carbonyl (C=O) groups is 1. The van der Waals surface area contributed by atoms with Gasteiger partial charge in [-0.2, -0.15) is 18.4 Å². The van der Waals surface area contributed by atoms with Gasteiger partial charge in [0.05, 0.1) is 23.2 Å². The van der Waals surface area contributed by atoms with Crippen molar-refractivity contribution in [2.24, 2.45) is 5.73 Å². The molecular weight excluding hydrogens is 309 g/mol. The third-order valence-corrected chi connectivity index (χ3v) is 4.07. The van der Waals surface area contributed by atoms with E-state index in [0.717, 1.165) is 6.07 Å². The Morgan fingerprint density at radius 1 is 1.30 bits per heavy atom. The van der Waals surface area contributed by atoms with Crippen LogP contribution in [-0.2, 0) is 11.0 Å². The number of nitrogens with two attached hydrogens (primary N) is 1. The molecule has 8 heteroatoms. The first-order chi connectivity index (χ1) is 10.7. The van der Waals surface area contributed by atoms with Gasteiger partial charge in [0.1, 0.15) is 0 Å². The molecule has 1 aromatic rings. The zero-order chi connectivity index (χ0) is 17.2. The molecule has 2 N–H and O–H groups in total. The average molecular weight is 326 g/mol. The summed E-state index contributed by atoms with van der Waals surface area (Å²) < 4.78 is 38.4. The van der Waals surface area contributed by atoms with Crippen LogP contribution in [0.4, 0.5) is 18.9 Å². The van der Waals surface area contributed by atoms with E-state index in [1.165, 1.54) is 12.1 Å². The Morgan fingerprint density at radius 2 is 1.91 bits per heavy atom. The predicted octanol–water partition coefficient (Wildman–Crippen LogP) is 1.57. The topological polar surface area (TPSA) is 73.4 Å². The highest BCUT2D eigenvalue weighted by atomic mass is 19.4. The van der Waals surface area contributed by atoms with E-state index in [-0.39, 0.29) is 11.6 Å². The molecule has 0 radical (unpaired) electrons. The number of rotatable bonds is 3. The zero-order valence-corrected chi connectivity index (χ0v) is 12.6. The molecule has 0 saturated carbocycles. The molecule has 1 unspecified atom stereocenters. The summed E-state index contributed by atoms with van der Waals surface area (Å²) in [5, 5.41) is 8.95. The third kappa shape index (κ3) is 3.74. The molecule has 1 atom stereocenters. The highest BCUT2D eigenvalue weighted by Gasteiger charge is 2.34. The monoisotopic (exact) mass is 326 g/mol. The lowest BCUT2D eigenvalue weighted by atomic mass is 10.1. The maximum atomic E-state index is 12.8. The van der Waals surface area contributed by atoms with Crippen molar-refractivity contribution in [3.63, 3.8) is 0 Å². The second-order valence-electron chi connectivity index (χ2n) is 5.44. The number of nitriles is 1. The average Bonchev–Trinajstić information content (AvgIpc) is 2.52. The van der Waals surface area contributed by atoms with Gasteiger partial charge in [0, 0.05) is 31.9 Å². The number of hydrogen-bond donors (Lipinski definition) is 1. The van der Waals surface area contributed by atoms with E-state index in [0.29, 0.717) is 31.9 Å². The molecule has 0 aliphatic carbocycles. The molecule has 1 amide bonds. The van der Waals surface area contributed by atoms with Crippen LogP contribution in [0.3, 0.4) is 0 Å². The van der Waals surface area contributed by atoms with Crippen molar-refractivity contribution in [2.75, 3.05) is 31.1 Å². The fraction of sp³-hybridized carbons (Fsp3) is 0.467. The Morgan fingerprint density at radius 3 is 2.39 bits per heavy atom. The molecule has 0 bridgehead atoms. The molecule has 0 spiro atoms. The number of amides is 1. The Balaban J connectivity index is 2.13. The summed E-state index contributed by atoms with van der Waals surface area (Å²) in [7, 11) is 0. The molecule has 2 rings (SSSR count). The van der Waals surface area contributed by atoms with Crippen molar-refractivity contribution in [2.45, 2.75) is 19.1 Å². The number of alkyl halides is 3. The van der Waals surface area contributed by atoms with Gasteiger partial charge in [-0.1, -0.05) is 0 Å². The van der Waals surface area contributed by atoms with E-state index in [4.69, 9.17) is 11.0 Å². The van der Waals surface area contributed by atoms with Crippen molar-refractivity contribution >= 4 is 11.6 Å². The molecule has 1 aliphatic heterocycles. The fourth-order valence-electron chi connectivity index (χ4n) is 2.62. The Labute approximate surface area is 132 Å². The van der Waals surface area contributed by atoms with Crippen molar-refractivity contribution in [3.05, 3.63) is 29.3 Å². The summed E-state index contributed by atoms with van der Waals surface area (Å²) >= 11 is 0. The lowest BCUT2D eigenvalue weighted by Crippen LogP contribution is -2.53. The van der Waals surface area contributed by atoms with E-state index in [2.05, 4.69) is 0 Å². The van der Waals surface area contributed by atoms with Crippen LogP contribution in [0.1, 0.15) is 18.1 Å². The van der Waals surface area contributed by atoms with Crippen LogP contribution >= 0.6 is 0 Å². The SMILES string of the molecule is CC(C(N)=O)N1CCN(c2ccc(C(F)(F)F)c(C#N)c2)CC1. The number of halogens is 3. The quantitative estimate of drug-likeness (QED) is 0.915. The van der Waals surface area contributed by atoms with E-state index >= 15 is 0 Å². The van der Waals surface area contributed by atoms with E-state index in [1.807, 2.05) is 9.80 Å². The highest BCUT2D eigenvalue weighted by molar-refractivity contribution is 5.79. The van der Waals surface area contributed by atoms with E-state index in [9.17, 15) is 18.0 Å². The van der Waals surface area contributed by atoms with Crippen LogP contribution in [-0.4, -0.2) is 43.0 Å². The standard InChI is InChI=1S/C15H17F3N4O/c1-10(14(20)23)21-4-6-22(7-5-21)12-2-3-13(15(16,17)18)11(8-12)9-19/h2-3,8,10H,4-7H2,1H3,(H2,20,23). The van der Waals surface area contributed by atoms with Crippen molar-refractivity contribution < 1.29 is 18.0 Å². The van der Waals surface area contributed by atoms with Crippen LogP contribution in [0.5, 0.6) is 0 Å². The zero-order valence-electron chi connectivity index (χ0n) is 12.6. The Hall–Kier alpha value is -2.27. The van der Waals surface area contributed by atoms with E-state index < -0.39 is 17.6 Å². The molecule has 1 saturated heterocycles. The van der Waals surface area contributed by atoms with Gasteiger partial charge in [0.2, 0.25) is 5.91 Å². The number of hydrogen-bond acceptors (Lipinski definition) is 4. The number of piperazine rings is 1.